The van der Waals surface area contributed by atoms with Crippen LogP contribution in [0, 0.1) is 6.92 Å². The minimum Gasteiger partial charge on any atom is -0.338 e. The summed E-state index contributed by atoms with van der Waals surface area (Å²) in [5.41, 5.74) is 5.38. The smallest absolute Gasteiger partial charge is 0.320 e. The Kier molecular flexibility index (Phi) is 5.97. The lowest BCUT2D eigenvalue weighted by molar-refractivity contribution is 0.252. The summed E-state index contributed by atoms with van der Waals surface area (Å²) in [6.45, 7) is 4.46. The Morgan fingerprint density at radius 3 is 2.73 bits per heavy atom. The second kappa shape index (κ2) is 8.81. The van der Waals surface area contributed by atoms with Crippen LogP contribution in [0.1, 0.15) is 23.1 Å². The quantitative estimate of drug-likeness (QED) is 0.400. The number of nitrogens with zero attached hydrogens (tertiary/aromatic N) is 2. The van der Waals surface area contributed by atoms with Crippen molar-refractivity contribution < 1.29 is 4.79 Å². The number of hydrogen-bond donors (Lipinski definition) is 2. The molecule has 0 unspecified atom stereocenters. The summed E-state index contributed by atoms with van der Waals surface area (Å²) in [6.07, 6.45) is 2.53. The second-order valence-corrected chi connectivity index (χ2v) is 8.62. The predicted octanol–water partition coefficient (Wildman–Crippen LogP) is 6.05. The van der Waals surface area contributed by atoms with Crippen molar-refractivity contribution in [2.24, 2.45) is 0 Å². The highest BCUT2D eigenvalue weighted by Crippen LogP contribution is 2.34. The molecule has 5 nitrogen and oxygen atoms in total. The van der Waals surface area contributed by atoms with Gasteiger partial charge in [0.25, 0.3) is 0 Å². The van der Waals surface area contributed by atoms with Gasteiger partial charge in [-0.05, 0) is 67.3 Å². The molecule has 2 aromatic heterocycles. The Labute approximate surface area is 184 Å². The molecule has 2 heterocycles. The lowest BCUT2D eigenvalue weighted by Gasteiger charge is -2.09. The highest BCUT2D eigenvalue weighted by molar-refractivity contribution is 7.18. The third-order valence-corrected chi connectivity index (χ3v) is 5.76. The Morgan fingerprint density at radius 2 is 2.00 bits per heavy atom. The van der Waals surface area contributed by atoms with Crippen LogP contribution >= 0.6 is 22.9 Å². The van der Waals surface area contributed by atoms with Gasteiger partial charge in [-0.3, -0.25) is 5.32 Å². The summed E-state index contributed by atoms with van der Waals surface area (Å²) in [6, 6.07) is 15.8. The lowest BCUT2D eigenvalue weighted by atomic mass is 9.98. The molecule has 2 aromatic carbocycles. The molecule has 0 saturated carbocycles. The molecular formula is C23H21ClN4OS. The number of carbonyl (C=O) groups is 1. The second-order valence-electron chi connectivity index (χ2n) is 6.95. The number of pyridine rings is 1. The molecule has 2 N–H and O–H groups in total. The van der Waals surface area contributed by atoms with Crippen LogP contribution < -0.4 is 10.6 Å². The van der Waals surface area contributed by atoms with Crippen LogP contribution in [0.3, 0.4) is 0 Å². The highest BCUT2D eigenvalue weighted by Gasteiger charge is 2.12. The number of carbonyl (C=O) groups excluding carboxylic acids is 1. The maximum Gasteiger partial charge on any atom is 0.320 e. The van der Waals surface area contributed by atoms with Crippen molar-refractivity contribution >= 4 is 45.0 Å². The first-order valence-corrected chi connectivity index (χ1v) is 10.9. The topological polar surface area (TPSA) is 66.9 Å². The largest absolute Gasteiger partial charge is 0.338 e. The molecule has 0 aliphatic carbocycles. The normalized spacial score (nSPS) is 10.9. The Morgan fingerprint density at radius 1 is 1.13 bits per heavy atom. The molecule has 4 aromatic rings. The molecule has 0 spiro atoms. The predicted molar refractivity (Wildman–Crippen MR) is 125 cm³/mol. The van der Waals surface area contributed by atoms with Gasteiger partial charge in [-0.25, -0.2) is 14.8 Å². The number of urea groups is 1. The molecule has 0 aliphatic heterocycles. The van der Waals surface area contributed by atoms with Gasteiger partial charge in [0.05, 0.1) is 15.2 Å². The van der Waals surface area contributed by atoms with Crippen molar-refractivity contribution in [3.63, 3.8) is 0 Å². The van der Waals surface area contributed by atoms with Gasteiger partial charge in [-0.15, -0.1) is 11.3 Å². The number of amides is 2. The van der Waals surface area contributed by atoms with E-state index in [-0.39, 0.29) is 6.03 Å². The maximum atomic E-state index is 11.6. The molecule has 152 valence electrons. The van der Waals surface area contributed by atoms with Crippen molar-refractivity contribution in [3.8, 4) is 11.1 Å². The molecule has 0 aliphatic rings. The monoisotopic (exact) mass is 436 g/mol. The summed E-state index contributed by atoms with van der Waals surface area (Å²) in [5, 5.41) is 7.15. The van der Waals surface area contributed by atoms with Gasteiger partial charge in [-0.1, -0.05) is 29.8 Å². The first-order chi connectivity index (χ1) is 14.5. The Bertz CT molecular complexity index is 1200. The van der Waals surface area contributed by atoms with Crippen molar-refractivity contribution in [1.82, 2.24) is 15.3 Å². The maximum absolute atomic E-state index is 11.6. The molecule has 0 bridgehead atoms. The molecule has 0 saturated heterocycles. The molecule has 4 rings (SSSR count). The number of hydrogen-bond acceptors (Lipinski definition) is 4. The van der Waals surface area contributed by atoms with Crippen molar-refractivity contribution in [1.29, 1.82) is 0 Å². The van der Waals surface area contributed by atoms with Gasteiger partial charge >= 0.3 is 6.03 Å². The van der Waals surface area contributed by atoms with Gasteiger partial charge in [-0.2, -0.15) is 0 Å². The van der Waals surface area contributed by atoms with E-state index in [4.69, 9.17) is 16.6 Å². The van der Waals surface area contributed by atoms with Gasteiger partial charge in [0.2, 0.25) is 0 Å². The van der Waals surface area contributed by atoms with Crippen LogP contribution in [-0.2, 0) is 6.42 Å². The fourth-order valence-electron chi connectivity index (χ4n) is 3.34. The number of aromatic nitrogens is 2. The average molecular weight is 437 g/mol. The first kappa shape index (κ1) is 20.3. The van der Waals surface area contributed by atoms with E-state index in [0.717, 1.165) is 38.3 Å². The lowest BCUT2D eigenvalue weighted by Crippen LogP contribution is -2.28. The van der Waals surface area contributed by atoms with E-state index < -0.39 is 0 Å². The summed E-state index contributed by atoms with van der Waals surface area (Å²) < 4.78 is 1.16. The van der Waals surface area contributed by atoms with Crippen LogP contribution in [-0.4, -0.2) is 22.5 Å². The highest BCUT2D eigenvalue weighted by atomic mass is 35.5. The standard InChI is InChI=1S/C23H21ClN4OS/c1-3-25-23(29)28-21-8-7-15(13-26-21)9-16-10-19(17-5-4-6-18(24)12-17)22-20(11-16)30-14(2)27-22/h4-8,10-13H,3,9H2,1-2H3,(H2,25,26,28,29). The summed E-state index contributed by atoms with van der Waals surface area (Å²) in [4.78, 5) is 20.7. The Hall–Kier alpha value is -2.96. The van der Waals surface area contributed by atoms with Gasteiger partial charge in [0.15, 0.2) is 0 Å². The van der Waals surface area contributed by atoms with E-state index in [0.29, 0.717) is 17.4 Å². The van der Waals surface area contributed by atoms with Crippen molar-refractivity contribution in [2.75, 3.05) is 11.9 Å². The number of rotatable bonds is 5. The van der Waals surface area contributed by atoms with Crippen LogP contribution in [0.25, 0.3) is 21.3 Å². The van der Waals surface area contributed by atoms with Crippen LogP contribution in [0.15, 0.2) is 54.7 Å². The average Bonchev–Trinajstić information content (AvgIpc) is 3.09. The van der Waals surface area contributed by atoms with E-state index in [2.05, 4.69) is 33.8 Å². The SMILES string of the molecule is CCNC(=O)Nc1ccc(Cc2cc(-c3cccc(Cl)c3)c3nc(C)sc3c2)cn1. The van der Waals surface area contributed by atoms with Gasteiger partial charge in [0, 0.05) is 23.3 Å². The zero-order chi connectivity index (χ0) is 21.1. The fourth-order valence-corrected chi connectivity index (χ4v) is 4.44. The summed E-state index contributed by atoms with van der Waals surface area (Å²) in [7, 11) is 0. The molecule has 30 heavy (non-hydrogen) atoms. The van der Waals surface area contributed by atoms with E-state index in [9.17, 15) is 4.79 Å². The summed E-state index contributed by atoms with van der Waals surface area (Å²) >= 11 is 7.92. The minimum absolute atomic E-state index is 0.255. The van der Waals surface area contributed by atoms with E-state index in [1.54, 1.807) is 17.5 Å². The van der Waals surface area contributed by atoms with Gasteiger partial charge in [0.1, 0.15) is 5.82 Å². The molecule has 0 radical (unpaired) electrons. The summed E-state index contributed by atoms with van der Waals surface area (Å²) in [5.74, 6) is 0.526. The number of thiazole rings is 1. The third kappa shape index (κ3) is 4.61. The van der Waals surface area contributed by atoms with Crippen LogP contribution in [0.2, 0.25) is 5.02 Å². The number of anilines is 1. The Balaban J connectivity index is 1.64. The number of aryl methyl sites for hydroxylation is 1. The van der Waals surface area contributed by atoms with E-state index in [1.807, 2.05) is 44.2 Å². The zero-order valence-corrected chi connectivity index (χ0v) is 18.3. The van der Waals surface area contributed by atoms with E-state index in [1.165, 1.54) is 5.56 Å². The number of fused-ring (bicyclic) bond motifs is 1. The van der Waals surface area contributed by atoms with Crippen LogP contribution in [0.4, 0.5) is 10.6 Å². The zero-order valence-electron chi connectivity index (χ0n) is 16.7. The van der Waals surface area contributed by atoms with Crippen molar-refractivity contribution in [2.45, 2.75) is 20.3 Å². The molecule has 7 heteroatoms. The van der Waals surface area contributed by atoms with Crippen LogP contribution in [0.5, 0.6) is 0 Å². The molecular weight excluding hydrogens is 416 g/mol. The molecule has 2 amide bonds. The number of nitrogens with one attached hydrogen (secondary N) is 2. The molecule has 0 atom stereocenters. The third-order valence-electron chi connectivity index (χ3n) is 4.61. The van der Waals surface area contributed by atoms with E-state index >= 15 is 0 Å². The minimum atomic E-state index is -0.255. The fraction of sp³-hybridized carbons (Fsp3) is 0.174. The number of benzene rings is 2. The number of halogens is 1. The van der Waals surface area contributed by atoms with Gasteiger partial charge < -0.3 is 5.32 Å². The molecule has 0 fully saturated rings. The first-order valence-electron chi connectivity index (χ1n) is 9.67. The van der Waals surface area contributed by atoms with Crippen molar-refractivity contribution in [3.05, 3.63) is 75.9 Å².